The average Bonchev–Trinajstić information content (AvgIpc) is 3.37. The van der Waals surface area contributed by atoms with Crippen molar-refractivity contribution < 1.29 is 14.6 Å². The maximum atomic E-state index is 10.9. The van der Waals surface area contributed by atoms with Gasteiger partial charge in [-0.2, -0.15) is 9.97 Å². The van der Waals surface area contributed by atoms with Crippen molar-refractivity contribution in [3.63, 3.8) is 0 Å². The van der Waals surface area contributed by atoms with Crippen LogP contribution in [0.2, 0.25) is 0 Å². The molecule has 4 N–H and O–H groups in total. The number of aromatic nitrogens is 5. The molecular weight excluding hydrogens is 488 g/mol. The summed E-state index contributed by atoms with van der Waals surface area (Å²) in [7, 11) is 0. The van der Waals surface area contributed by atoms with Crippen molar-refractivity contribution in [1.82, 2.24) is 35.2 Å². The number of anilines is 3. The lowest BCUT2D eigenvalue weighted by molar-refractivity contribution is -0.137. The zero-order valence-corrected chi connectivity index (χ0v) is 22.6. The molecule has 0 aromatic carbocycles. The standard InChI is InChI=1S/C25H42N10O3/c1-19(2)26-7-3-8-35-18-21(31-32-35)17-27-25-29-22(16-23(30-25)34-12-14-38-15-13-34)28-20-4-9-33(10-5-20)11-6-24(36)37/h16,18-20,26H,3-15,17H2,1-2H3,(H,36,37)(H2,27,28,29,30). The first kappa shape index (κ1) is 28.0. The van der Waals surface area contributed by atoms with Crippen molar-refractivity contribution in [3.05, 3.63) is 18.0 Å². The largest absolute Gasteiger partial charge is 0.481 e. The fourth-order valence-corrected chi connectivity index (χ4v) is 4.64. The molecule has 210 valence electrons. The quantitative estimate of drug-likeness (QED) is 0.261. The minimum Gasteiger partial charge on any atom is -0.481 e. The van der Waals surface area contributed by atoms with E-state index < -0.39 is 5.97 Å². The summed E-state index contributed by atoms with van der Waals surface area (Å²) in [6.45, 7) is 11.8. The van der Waals surface area contributed by atoms with Crippen LogP contribution in [0.1, 0.15) is 45.2 Å². The molecule has 0 unspecified atom stereocenters. The lowest BCUT2D eigenvalue weighted by Crippen LogP contribution is -2.40. The van der Waals surface area contributed by atoms with E-state index in [2.05, 4.69) is 49.9 Å². The predicted molar refractivity (Wildman–Crippen MR) is 146 cm³/mol. The zero-order chi connectivity index (χ0) is 26.7. The van der Waals surface area contributed by atoms with Crippen molar-refractivity contribution >= 4 is 23.6 Å². The van der Waals surface area contributed by atoms with Crippen molar-refractivity contribution in [2.24, 2.45) is 0 Å². The SMILES string of the molecule is CC(C)NCCCn1cc(CNc2nc(NC3CCN(CCC(=O)O)CC3)cc(N3CCOCC3)n2)nn1. The second-order valence-corrected chi connectivity index (χ2v) is 10.2. The molecule has 2 fully saturated rings. The highest BCUT2D eigenvalue weighted by atomic mass is 16.5. The van der Waals surface area contributed by atoms with Crippen molar-refractivity contribution in [2.45, 2.75) is 64.7 Å². The number of aryl methyl sites for hydroxylation is 1. The van der Waals surface area contributed by atoms with Crippen LogP contribution in [0, 0.1) is 0 Å². The molecule has 2 aromatic heterocycles. The Morgan fingerprint density at radius 3 is 2.68 bits per heavy atom. The second kappa shape index (κ2) is 14.2. The van der Waals surface area contributed by atoms with E-state index in [9.17, 15) is 4.79 Å². The smallest absolute Gasteiger partial charge is 0.304 e. The number of nitrogens with one attached hydrogen (secondary N) is 3. The molecule has 13 nitrogen and oxygen atoms in total. The highest BCUT2D eigenvalue weighted by Crippen LogP contribution is 2.22. The Morgan fingerprint density at radius 2 is 1.95 bits per heavy atom. The van der Waals surface area contributed by atoms with E-state index in [1.54, 1.807) is 0 Å². The van der Waals surface area contributed by atoms with Gasteiger partial charge in [-0.1, -0.05) is 19.1 Å². The third-order valence-corrected chi connectivity index (χ3v) is 6.76. The monoisotopic (exact) mass is 530 g/mol. The minimum atomic E-state index is -0.747. The first-order chi connectivity index (χ1) is 18.4. The highest BCUT2D eigenvalue weighted by molar-refractivity contribution is 5.66. The number of rotatable bonds is 14. The molecule has 2 saturated heterocycles. The second-order valence-electron chi connectivity index (χ2n) is 10.2. The van der Waals surface area contributed by atoms with Gasteiger partial charge in [0, 0.05) is 57.4 Å². The lowest BCUT2D eigenvalue weighted by Gasteiger charge is -2.32. The molecule has 4 heterocycles. The fraction of sp³-hybridized carbons (Fsp3) is 0.720. The van der Waals surface area contributed by atoms with Crippen molar-refractivity contribution in [1.29, 1.82) is 0 Å². The van der Waals surface area contributed by atoms with Gasteiger partial charge in [-0.15, -0.1) is 5.10 Å². The topological polar surface area (TPSA) is 146 Å². The third kappa shape index (κ3) is 9.07. The molecule has 0 atom stereocenters. The van der Waals surface area contributed by atoms with E-state index in [1.807, 2.05) is 16.9 Å². The normalized spacial score (nSPS) is 17.2. The van der Waals surface area contributed by atoms with Crippen LogP contribution < -0.4 is 20.9 Å². The predicted octanol–water partition coefficient (Wildman–Crippen LogP) is 1.26. The molecule has 13 heteroatoms. The molecule has 2 aromatic rings. The summed E-state index contributed by atoms with van der Waals surface area (Å²) < 4.78 is 7.40. The van der Waals surface area contributed by atoms with Gasteiger partial charge in [-0.3, -0.25) is 9.48 Å². The van der Waals surface area contributed by atoms with E-state index in [4.69, 9.17) is 19.8 Å². The van der Waals surface area contributed by atoms with Gasteiger partial charge in [0.1, 0.15) is 17.3 Å². The van der Waals surface area contributed by atoms with Gasteiger partial charge in [-0.25, -0.2) is 0 Å². The Hall–Kier alpha value is -3.03. The maximum Gasteiger partial charge on any atom is 0.304 e. The lowest BCUT2D eigenvalue weighted by atomic mass is 10.0. The molecule has 0 spiro atoms. The van der Waals surface area contributed by atoms with E-state index in [0.29, 0.717) is 38.3 Å². The molecule has 0 amide bonds. The van der Waals surface area contributed by atoms with Crippen LogP contribution in [0.15, 0.2) is 12.3 Å². The van der Waals surface area contributed by atoms with Gasteiger partial charge in [0.25, 0.3) is 0 Å². The summed E-state index contributed by atoms with van der Waals surface area (Å²) in [5.41, 5.74) is 0.838. The Labute approximate surface area is 224 Å². The summed E-state index contributed by atoms with van der Waals surface area (Å²) in [6.07, 6.45) is 5.02. The molecule has 2 aliphatic heterocycles. The van der Waals surface area contributed by atoms with Crippen LogP contribution in [0.25, 0.3) is 0 Å². The van der Waals surface area contributed by atoms with Crippen molar-refractivity contribution in [2.75, 3.05) is 68.0 Å². The van der Waals surface area contributed by atoms with Crippen LogP contribution in [0.3, 0.4) is 0 Å². The summed E-state index contributed by atoms with van der Waals surface area (Å²) in [5.74, 6) is 1.46. The van der Waals surface area contributed by atoms with E-state index in [-0.39, 0.29) is 12.5 Å². The Bertz CT molecular complexity index is 1000. The highest BCUT2D eigenvalue weighted by Gasteiger charge is 2.21. The van der Waals surface area contributed by atoms with Crippen LogP contribution in [-0.2, 0) is 22.6 Å². The molecular formula is C25H42N10O3. The summed E-state index contributed by atoms with van der Waals surface area (Å²) in [4.78, 5) is 24.9. The van der Waals surface area contributed by atoms with E-state index >= 15 is 0 Å². The number of hydrogen-bond acceptors (Lipinski definition) is 11. The summed E-state index contributed by atoms with van der Waals surface area (Å²) >= 11 is 0. The van der Waals surface area contributed by atoms with Crippen LogP contribution in [-0.4, -0.2) is 106 Å². The number of ether oxygens (including phenoxy) is 1. The van der Waals surface area contributed by atoms with Gasteiger partial charge in [-0.05, 0) is 25.8 Å². The Kier molecular flexibility index (Phi) is 10.5. The number of nitrogens with zero attached hydrogens (tertiary/aromatic N) is 7. The van der Waals surface area contributed by atoms with Gasteiger partial charge in [0.05, 0.1) is 32.4 Å². The number of piperidine rings is 1. The molecule has 0 radical (unpaired) electrons. The molecule has 2 aliphatic rings. The van der Waals surface area contributed by atoms with Gasteiger partial charge in [0.15, 0.2) is 0 Å². The summed E-state index contributed by atoms with van der Waals surface area (Å²) in [5, 5.41) is 27.8. The molecule has 0 bridgehead atoms. The van der Waals surface area contributed by atoms with Gasteiger partial charge in [0.2, 0.25) is 5.95 Å². The van der Waals surface area contributed by atoms with E-state index in [1.165, 1.54) is 0 Å². The average molecular weight is 531 g/mol. The maximum absolute atomic E-state index is 10.9. The number of carboxylic acids is 1. The van der Waals surface area contributed by atoms with Crippen molar-refractivity contribution in [3.8, 4) is 0 Å². The zero-order valence-electron chi connectivity index (χ0n) is 22.6. The first-order valence-electron chi connectivity index (χ1n) is 13.7. The number of carbonyl (C=O) groups is 1. The molecule has 0 saturated carbocycles. The fourth-order valence-electron chi connectivity index (χ4n) is 4.64. The summed E-state index contributed by atoms with van der Waals surface area (Å²) in [6, 6.07) is 2.77. The van der Waals surface area contributed by atoms with Crippen LogP contribution in [0.5, 0.6) is 0 Å². The minimum absolute atomic E-state index is 0.186. The van der Waals surface area contributed by atoms with Gasteiger partial charge >= 0.3 is 5.97 Å². The number of likely N-dealkylation sites (tertiary alicyclic amines) is 1. The number of morpholine rings is 1. The molecule has 4 rings (SSSR count). The van der Waals surface area contributed by atoms with Crippen LogP contribution in [0.4, 0.5) is 17.6 Å². The number of hydrogen-bond donors (Lipinski definition) is 4. The third-order valence-electron chi connectivity index (χ3n) is 6.76. The first-order valence-corrected chi connectivity index (χ1v) is 13.7. The Morgan fingerprint density at radius 1 is 1.16 bits per heavy atom. The number of aliphatic carboxylic acids is 1. The van der Waals surface area contributed by atoms with Gasteiger partial charge < -0.3 is 35.6 Å². The van der Waals surface area contributed by atoms with Crippen LogP contribution >= 0.6 is 0 Å². The van der Waals surface area contributed by atoms with E-state index in [0.717, 1.165) is 75.9 Å². The number of carboxylic acid groups (broad SMARTS) is 1. The Balaban J connectivity index is 1.35. The molecule has 0 aliphatic carbocycles. The molecule has 38 heavy (non-hydrogen) atoms.